The Balaban J connectivity index is 1.42. The van der Waals surface area contributed by atoms with Crippen LogP contribution in [0.1, 0.15) is 11.1 Å². The Morgan fingerprint density at radius 3 is 2.50 bits per heavy atom. The van der Waals surface area contributed by atoms with Crippen molar-refractivity contribution in [3.05, 3.63) is 94.8 Å². The summed E-state index contributed by atoms with van der Waals surface area (Å²) in [5, 5.41) is 3.18. The van der Waals surface area contributed by atoms with E-state index in [2.05, 4.69) is 5.32 Å². The highest BCUT2D eigenvalue weighted by Gasteiger charge is 2.07. The van der Waals surface area contributed by atoms with Crippen molar-refractivity contribution in [2.45, 2.75) is 12.4 Å². The van der Waals surface area contributed by atoms with Crippen LogP contribution in [0.4, 0.5) is 10.1 Å². The Kier molecular flexibility index (Phi) is 7.34. The normalized spacial score (nSPS) is 10.5. The van der Waals surface area contributed by atoms with Gasteiger partial charge in [0.1, 0.15) is 18.2 Å². The van der Waals surface area contributed by atoms with Gasteiger partial charge in [0.15, 0.2) is 0 Å². The number of benzene rings is 3. The molecule has 0 aromatic heterocycles. The standard InChI is InChI=1S/C22H19ClFNO2S/c23-18-7-6-17(21(24)12-18)14-28-15-22(26)25-19-8-10-20(11-9-19)27-13-16-4-2-1-3-5-16/h1-12H,13-15H2,(H,25,26). The van der Waals surface area contributed by atoms with Crippen molar-refractivity contribution in [2.24, 2.45) is 0 Å². The molecule has 0 spiro atoms. The first-order chi connectivity index (χ1) is 13.6. The van der Waals surface area contributed by atoms with E-state index in [1.807, 2.05) is 42.5 Å². The molecule has 0 heterocycles. The Labute approximate surface area is 172 Å². The summed E-state index contributed by atoms with van der Waals surface area (Å²) < 4.78 is 19.4. The number of hydrogen-bond donors (Lipinski definition) is 1. The lowest BCUT2D eigenvalue weighted by atomic mass is 10.2. The lowest BCUT2D eigenvalue weighted by molar-refractivity contribution is -0.113. The summed E-state index contributed by atoms with van der Waals surface area (Å²) in [6.45, 7) is 0.491. The fourth-order valence-corrected chi connectivity index (χ4v) is 3.44. The summed E-state index contributed by atoms with van der Waals surface area (Å²) in [5.41, 5.74) is 2.31. The van der Waals surface area contributed by atoms with Gasteiger partial charge in [0.05, 0.1) is 5.75 Å². The third kappa shape index (κ3) is 6.29. The Bertz CT molecular complexity index is 920. The molecule has 0 atom stereocenters. The van der Waals surface area contributed by atoms with E-state index in [1.54, 1.807) is 24.3 Å². The number of carbonyl (C=O) groups is 1. The molecular formula is C22H19ClFNO2S. The maximum Gasteiger partial charge on any atom is 0.234 e. The number of amides is 1. The van der Waals surface area contributed by atoms with Crippen LogP contribution in [-0.2, 0) is 17.2 Å². The predicted molar refractivity (Wildman–Crippen MR) is 113 cm³/mol. The van der Waals surface area contributed by atoms with Crippen LogP contribution in [0, 0.1) is 5.82 Å². The van der Waals surface area contributed by atoms with Gasteiger partial charge in [-0.3, -0.25) is 4.79 Å². The maximum atomic E-state index is 13.7. The largest absolute Gasteiger partial charge is 0.489 e. The molecule has 144 valence electrons. The number of ether oxygens (including phenoxy) is 1. The minimum Gasteiger partial charge on any atom is -0.489 e. The molecule has 0 aliphatic rings. The lowest BCUT2D eigenvalue weighted by Gasteiger charge is -2.09. The summed E-state index contributed by atoms with van der Waals surface area (Å²) in [6, 6.07) is 21.7. The molecule has 28 heavy (non-hydrogen) atoms. The second kappa shape index (κ2) is 10.2. The van der Waals surface area contributed by atoms with Crippen LogP contribution >= 0.6 is 23.4 Å². The first-order valence-electron chi connectivity index (χ1n) is 8.68. The monoisotopic (exact) mass is 415 g/mol. The first kappa shape index (κ1) is 20.2. The molecule has 3 nitrogen and oxygen atoms in total. The molecule has 1 N–H and O–H groups in total. The van der Waals surface area contributed by atoms with Crippen LogP contribution in [0.25, 0.3) is 0 Å². The van der Waals surface area contributed by atoms with Gasteiger partial charge in [-0.15, -0.1) is 11.8 Å². The van der Waals surface area contributed by atoms with E-state index in [0.29, 0.717) is 28.6 Å². The van der Waals surface area contributed by atoms with E-state index in [1.165, 1.54) is 17.8 Å². The summed E-state index contributed by atoms with van der Waals surface area (Å²) in [5.74, 6) is 0.870. The van der Waals surface area contributed by atoms with Crippen molar-refractivity contribution in [3.63, 3.8) is 0 Å². The minimum absolute atomic E-state index is 0.141. The number of carbonyl (C=O) groups excluding carboxylic acids is 1. The fourth-order valence-electron chi connectivity index (χ4n) is 2.46. The van der Waals surface area contributed by atoms with Crippen molar-refractivity contribution in [3.8, 4) is 5.75 Å². The molecule has 3 rings (SSSR count). The topological polar surface area (TPSA) is 38.3 Å². The highest BCUT2D eigenvalue weighted by atomic mass is 35.5. The van der Waals surface area contributed by atoms with Crippen LogP contribution in [-0.4, -0.2) is 11.7 Å². The number of hydrogen-bond acceptors (Lipinski definition) is 3. The van der Waals surface area contributed by atoms with Gasteiger partial charge in [0.25, 0.3) is 0 Å². The molecule has 1 amide bonds. The van der Waals surface area contributed by atoms with Crippen molar-refractivity contribution >= 4 is 35.0 Å². The van der Waals surface area contributed by atoms with Crippen molar-refractivity contribution in [1.29, 1.82) is 0 Å². The Hall–Kier alpha value is -2.50. The van der Waals surface area contributed by atoms with E-state index in [0.717, 1.165) is 11.3 Å². The number of rotatable bonds is 8. The highest BCUT2D eigenvalue weighted by Crippen LogP contribution is 2.20. The van der Waals surface area contributed by atoms with E-state index in [-0.39, 0.29) is 17.5 Å². The molecule has 0 saturated heterocycles. The molecule has 6 heteroatoms. The van der Waals surface area contributed by atoms with Crippen molar-refractivity contribution < 1.29 is 13.9 Å². The van der Waals surface area contributed by atoms with Crippen LogP contribution < -0.4 is 10.1 Å². The fraction of sp³-hybridized carbons (Fsp3) is 0.136. The first-order valence-corrected chi connectivity index (χ1v) is 10.2. The third-order valence-electron chi connectivity index (χ3n) is 3.89. The molecule has 3 aromatic carbocycles. The average molecular weight is 416 g/mol. The molecule has 0 saturated carbocycles. The van der Waals surface area contributed by atoms with Gasteiger partial charge in [0, 0.05) is 16.5 Å². The Morgan fingerprint density at radius 1 is 1.04 bits per heavy atom. The van der Waals surface area contributed by atoms with Crippen LogP contribution in [0.3, 0.4) is 0 Å². The van der Waals surface area contributed by atoms with Crippen LogP contribution in [0.15, 0.2) is 72.8 Å². The van der Waals surface area contributed by atoms with Crippen LogP contribution in [0.5, 0.6) is 5.75 Å². The molecule has 0 aliphatic carbocycles. The minimum atomic E-state index is -0.355. The average Bonchev–Trinajstić information content (AvgIpc) is 2.70. The number of nitrogens with one attached hydrogen (secondary N) is 1. The molecule has 0 fully saturated rings. The molecule has 0 unspecified atom stereocenters. The van der Waals surface area contributed by atoms with Gasteiger partial charge in [-0.1, -0.05) is 48.0 Å². The van der Waals surface area contributed by atoms with E-state index in [9.17, 15) is 9.18 Å². The quantitative estimate of drug-likeness (QED) is 0.495. The zero-order valence-electron chi connectivity index (χ0n) is 15.0. The molecule has 3 aromatic rings. The summed E-state index contributed by atoms with van der Waals surface area (Å²) >= 11 is 7.08. The lowest BCUT2D eigenvalue weighted by Crippen LogP contribution is -2.14. The third-order valence-corrected chi connectivity index (χ3v) is 5.11. The SMILES string of the molecule is O=C(CSCc1ccc(Cl)cc1F)Nc1ccc(OCc2ccccc2)cc1. The van der Waals surface area contributed by atoms with Gasteiger partial charge in [-0.25, -0.2) is 4.39 Å². The second-order valence-electron chi connectivity index (χ2n) is 6.08. The molecule has 0 bridgehead atoms. The van der Waals surface area contributed by atoms with Gasteiger partial charge < -0.3 is 10.1 Å². The van der Waals surface area contributed by atoms with Crippen molar-refractivity contribution in [1.82, 2.24) is 0 Å². The number of halogens is 2. The smallest absolute Gasteiger partial charge is 0.234 e. The number of thioether (sulfide) groups is 1. The van der Waals surface area contributed by atoms with Gasteiger partial charge in [-0.2, -0.15) is 0 Å². The van der Waals surface area contributed by atoms with E-state index in [4.69, 9.17) is 16.3 Å². The number of anilines is 1. The summed E-state index contributed by atoms with van der Waals surface area (Å²) in [6.07, 6.45) is 0. The maximum absolute atomic E-state index is 13.7. The molecule has 0 radical (unpaired) electrons. The van der Waals surface area contributed by atoms with Gasteiger partial charge in [0.2, 0.25) is 5.91 Å². The van der Waals surface area contributed by atoms with Gasteiger partial charge in [-0.05, 0) is 47.5 Å². The van der Waals surface area contributed by atoms with E-state index < -0.39 is 0 Å². The zero-order chi connectivity index (χ0) is 19.8. The predicted octanol–water partition coefficient (Wildman–Crippen LogP) is 5.93. The van der Waals surface area contributed by atoms with Crippen molar-refractivity contribution in [2.75, 3.05) is 11.1 Å². The second-order valence-corrected chi connectivity index (χ2v) is 7.50. The van der Waals surface area contributed by atoms with Crippen LogP contribution in [0.2, 0.25) is 5.02 Å². The van der Waals surface area contributed by atoms with Gasteiger partial charge >= 0.3 is 0 Å². The molecular weight excluding hydrogens is 397 g/mol. The zero-order valence-corrected chi connectivity index (χ0v) is 16.6. The Morgan fingerprint density at radius 2 is 1.79 bits per heavy atom. The summed E-state index contributed by atoms with van der Waals surface area (Å²) in [7, 11) is 0. The highest BCUT2D eigenvalue weighted by molar-refractivity contribution is 7.99. The summed E-state index contributed by atoms with van der Waals surface area (Å²) in [4.78, 5) is 12.1. The van der Waals surface area contributed by atoms with E-state index >= 15 is 0 Å². The molecule has 0 aliphatic heterocycles.